The van der Waals surface area contributed by atoms with Gasteiger partial charge in [-0.1, -0.05) is 25.4 Å². The monoisotopic (exact) mass is 284 g/mol. The van der Waals surface area contributed by atoms with E-state index in [1.807, 2.05) is 26.0 Å². The van der Waals surface area contributed by atoms with Gasteiger partial charge in [0.15, 0.2) is 11.5 Å². The maximum Gasteiger partial charge on any atom is 0.179 e. The third kappa shape index (κ3) is 3.34. The van der Waals surface area contributed by atoms with Crippen LogP contribution < -0.4 is 9.47 Å². The van der Waals surface area contributed by atoms with Gasteiger partial charge in [0.25, 0.3) is 0 Å². The molecule has 0 unspecified atom stereocenters. The normalized spacial score (nSPS) is 15.4. The first-order valence-corrected chi connectivity index (χ1v) is 6.97. The minimum atomic E-state index is -0.355. The van der Waals surface area contributed by atoms with Crippen molar-refractivity contribution in [2.75, 3.05) is 20.3 Å². The smallest absolute Gasteiger partial charge is 0.179 e. The van der Waals surface area contributed by atoms with E-state index in [2.05, 4.69) is 0 Å². The first-order chi connectivity index (χ1) is 8.97. The van der Waals surface area contributed by atoms with Gasteiger partial charge >= 0.3 is 0 Å². The molecule has 106 valence electrons. The number of hydrogen-bond donors (Lipinski definition) is 1. The molecule has 19 heavy (non-hydrogen) atoms. The Balaban J connectivity index is 2.28. The van der Waals surface area contributed by atoms with Gasteiger partial charge < -0.3 is 14.6 Å². The summed E-state index contributed by atoms with van der Waals surface area (Å²) >= 11 is 6.29. The largest absolute Gasteiger partial charge is 0.493 e. The van der Waals surface area contributed by atoms with Crippen LogP contribution in [0.15, 0.2) is 12.1 Å². The summed E-state index contributed by atoms with van der Waals surface area (Å²) in [6.07, 6.45) is 2.46. The highest BCUT2D eigenvalue weighted by Gasteiger charge is 2.26. The molecular formula is C15H21ClO3. The summed E-state index contributed by atoms with van der Waals surface area (Å²) in [7, 11) is 1.60. The van der Waals surface area contributed by atoms with Crippen LogP contribution >= 0.6 is 11.6 Å². The van der Waals surface area contributed by atoms with Crippen LogP contribution in [0.3, 0.4) is 0 Å². The Hall–Kier alpha value is -0.930. The van der Waals surface area contributed by atoms with Gasteiger partial charge in [-0.05, 0) is 36.5 Å². The molecule has 0 heterocycles. The zero-order valence-electron chi connectivity index (χ0n) is 11.7. The van der Waals surface area contributed by atoms with E-state index in [1.165, 1.54) is 12.8 Å². The minimum absolute atomic E-state index is 0.0504. The van der Waals surface area contributed by atoms with Crippen LogP contribution in [0.2, 0.25) is 5.02 Å². The van der Waals surface area contributed by atoms with E-state index in [0.29, 0.717) is 29.0 Å². The second-order valence-electron chi connectivity index (χ2n) is 5.79. The third-order valence-corrected chi connectivity index (χ3v) is 3.85. The van der Waals surface area contributed by atoms with Crippen molar-refractivity contribution in [3.63, 3.8) is 0 Å². The molecule has 1 aromatic carbocycles. The van der Waals surface area contributed by atoms with Gasteiger partial charge in [0, 0.05) is 5.41 Å². The standard InChI is InChI=1S/C15H21ClO3/c1-15(2,9-17)11-6-12(16)14(13(7-11)18-3)19-8-10-4-5-10/h6-7,10,17H,4-5,8-9H2,1-3H3. The first-order valence-electron chi connectivity index (χ1n) is 6.59. The van der Waals surface area contributed by atoms with Crippen LogP contribution in [0.1, 0.15) is 32.3 Å². The van der Waals surface area contributed by atoms with E-state index >= 15 is 0 Å². The molecule has 0 atom stereocenters. The summed E-state index contributed by atoms with van der Waals surface area (Å²) in [5.41, 5.74) is 0.585. The summed E-state index contributed by atoms with van der Waals surface area (Å²) in [6.45, 7) is 4.67. The maximum absolute atomic E-state index is 9.44. The molecule has 0 spiro atoms. The van der Waals surface area contributed by atoms with Gasteiger partial charge in [0.05, 0.1) is 25.3 Å². The molecule has 1 saturated carbocycles. The van der Waals surface area contributed by atoms with Crippen LogP contribution in [0.4, 0.5) is 0 Å². The van der Waals surface area contributed by atoms with Gasteiger partial charge in [-0.2, -0.15) is 0 Å². The number of benzene rings is 1. The fraction of sp³-hybridized carbons (Fsp3) is 0.600. The van der Waals surface area contributed by atoms with E-state index in [4.69, 9.17) is 21.1 Å². The Morgan fingerprint density at radius 3 is 2.58 bits per heavy atom. The SMILES string of the molecule is COc1cc(C(C)(C)CO)cc(Cl)c1OCC1CC1. The van der Waals surface area contributed by atoms with Gasteiger partial charge in [-0.3, -0.25) is 0 Å². The molecule has 1 aromatic rings. The Labute approximate surface area is 119 Å². The van der Waals surface area contributed by atoms with Crippen molar-refractivity contribution in [1.82, 2.24) is 0 Å². The lowest BCUT2D eigenvalue weighted by Crippen LogP contribution is -2.22. The molecule has 0 bridgehead atoms. The molecule has 1 aliphatic rings. The lowest BCUT2D eigenvalue weighted by Gasteiger charge is -2.24. The number of aliphatic hydroxyl groups excluding tert-OH is 1. The maximum atomic E-state index is 9.44. The van der Waals surface area contributed by atoms with Crippen LogP contribution in [-0.2, 0) is 5.41 Å². The lowest BCUT2D eigenvalue weighted by atomic mass is 9.85. The Bertz CT molecular complexity index is 453. The topological polar surface area (TPSA) is 38.7 Å². The quantitative estimate of drug-likeness (QED) is 0.870. The fourth-order valence-corrected chi connectivity index (χ4v) is 2.09. The highest BCUT2D eigenvalue weighted by molar-refractivity contribution is 6.32. The van der Waals surface area contributed by atoms with Gasteiger partial charge in [0.1, 0.15) is 0 Å². The van der Waals surface area contributed by atoms with Crippen LogP contribution in [0, 0.1) is 5.92 Å². The third-order valence-electron chi connectivity index (χ3n) is 3.57. The molecule has 0 amide bonds. The summed E-state index contributed by atoms with van der Waals surface area (Å²) in [4.78, 5) is 0. The fourth-order valence-electron chi connectivity index (χ4n) is 1.83. The number of ether oxygens (including phenoxy) is 2. The second-order valence-corrected chi connectivity index (χ2v) is 6.19. The number of aliphatic hydroxyl groups is 1. The first kappa shape index (κ1) is 14.5. The molecule has 1 N–H and O–H groups in total. The molecule has 3 nitrogen and oxygen atoms in total. The molecule has 2 rings (SSSR count). The molecule has 0 saturated heterocycles. The molecule has 4 heteroatoms. The summed E-state index contributed by atoms with van der Waals surface area (Å²) in [6, 6.07) is 3.74. The minimum Gasteiger partial charge on any atom is -0.493 e. The van der Waals surface area contributed by atoms with Crippen molar-refractivity contribution in [2.45, 2.75) is 32.1 Å². The predicted molar refractivity (Wildman–Crippen MR) is 76.3 cm³/mol. The van der Waals surface area contributed by atoms with Crippen molar-refractivity contribution < 1.29 is 14.6 Å². The number of hydrogen-bond acceptors (Lipinski definition) is 3. The van der Waals surface area contributed by atoms with Gasteiger partial charge in [-0.15, -0.1) is 0 Å². The second kappa shape index (κ2) is 5.59. The number of rotatable bonds is 6. The average molecular weight is 285 g/mol. The Morgan fingerprint density at radius 2 is 2.05 bits per heavy atom. The van der Waals surface area contributed by atoms with E-state index in [9.17, 15) is 5.11 Å². The van der Waals surface area contributed by atoms with Crippen molar-refractivity contribution >= 4 is 11.6 Å². The molecule has 0 radical (unpaired) electrons. The van der Waals surface area contributed by atoms with E-state index in [-0.39, 0.29) is 12.0 Å². The molecule has 1 aliphatic carbocycles. The van der Waals surface area contributed by atoms with Crippen molar-refractivity contribution in [3.05, 3.63) is 22.7 Å². The molecule has 0 aliphatic heterocycles. The van der Waals surface area contributed by atoms with Crippen molar-refractivity contribution in [3.8, 4) is 11.5 Å². The summed E-state index contributed by atoms with van der Waals surface area (Å²) in [5.74, 6) is 1.90. The van der Waals surface area contributed by atoms with Crippen molar-refractivity contribution in [2.24, 2.45) is 5.92 Å². The number of methoxy groups -OCH3 is 1. The molecule has 0 aromatic heterocycles. The van der Waals surface area contributed by atoms with Crippen LogP contribution in [-0.4, -0.2) is 25.4 Å². The van der Waals surface area contributed by atoms with Gasteiger partial charge in [-0.25, -0.2) is 0 Å². The zero-order chi connectivity index (χ0) is 14.0. The average Bonchev–Trinajstić information content (AvgIpc) is 3.20. The highest BCUT2D eigenvalue weighted by Crippen LogP contribution is 2.41. The molecular weight excluding hydrogens is 264 g/mol. The highest BCUT2D eigenvalue weighted by atomic mass is 35.5. The number of halogens is 1. The van der Waals surface area contributed by atoms with Crippen molar-refractivity contribution in [1.29, 1.82) is 0 Å². The zero-order valence-corrected chi connectivity index (χ0v) is 12.5. The van der Waals surface area contributed by atoms with E-state index < -0.39 is 0 Å². The lowest BCUT2D eigenvalue weighted by molar-refractivity contribution is 0.217. The molecule has 1 fully saturated rings. The van der Waals surface area contributed by atoms with Crippen LogP contribution in [0.5, 0.6) is 11.5 Å². The van der Waals surface area contributed by atoms with E-state index in [1.54, 1.807) is 7.11 Å². The van der Waals surface area contributed by atoms with E-state index in [0.717, 1.165) is 5.56 Å². The summed E-state index contributed by atoms with van der Waals surface area (Å²) < 4.78 is 11.1. The van der Waals surface area contributed by atoms with Gasteiger partial charge in [0.2, 0.25) is 0 Å². The predicted octanol–water partition coefficient (Wildman–Crippen LogP) is 3.41. The van der Waals surface area contributed by atoms with Crippen LogP contribution in [0.25, 0.3) is 0 Å². The summed E-state index contributed by atoms with van der Waals surface area (Å²) in [5, 5.41) is 9.98. The Morgan fingerprint density at radius 1 is 1.37 bits per heavy atom. The Kier molecular flexibility index (Phi) is 4.26.